The van der Waals surface area contributed by atoms with Gasteiger partial charge in [-0.2, -0.15) is 0 Å². The molecule has 2 aromatic heterocycles. The average molecular weight is 206 g/mol. The maximum Gasteiger partial charge on any atom is 0.166 e. The summed E-state index contributed by atoms with van der Waals surface area (Å²) in [5.74, 6) is 0.795. The van der Waals surface area contributed by atoms with Gasteiger partial charge >= 0.3 is 0 Å². The largest absolute Gasteiger partial charge is 0.453 e. The second kappa shape index (κ2) is 4.30. The van der Waals surface area contributed by atoms with Crippen molar-refractivity contribution in [2.45, 2.75) is 16.7 Å². The zero-order valence-electron chi connectivity index (χ0n) is 7.51. The van der Waals surface area contributed by atoms with Gasteiger partial charge in [-0.25, -0.2) is 4.98 Å². The van der Waals surface area contributed by atoms with E-state index in [1.54, 1.807) is 6.20 Å². The molecule has 0 aromatic carbocycles. The summed E-state index contributed by atoms with van der Waals surface area (Å²) < 4.78 is 5.43. The van der Waals surface area contributed by atoms with E-state index in [1.165, 1.54) is 11.8 Å². The van der Waals surface area contributed by atoms with Gasteiger partial charge in [-0.1, -0.05) is 6.07 Å². The van der Waals surface area contributed by atoms with Crippen LogP contribution in [0, 0.1) is 0 Å². The molecule has 0 amide bonds. The minimum Gasteiger partial charge on any atom is -0.453 e. The molecule has 0 aliphatic carbocycles. The molecule has 0 atom stereocenters. The molecular weight excluding hydrogens is 196 g/mol. The first kappa shape index (κ1) is 9.30. The van der Waals surface area contributed by atoms with Gasteiger partial charge in [0.2, 0.25) is 0 Å². The number of hydrogen-bond acceptors (Lipinski definition) is 4. The maximum atomic E-state index is 5.44. The fraction of sp³-hybridized carbons (Fsp3) is 0.100. The summed E-state index contributed by atoms with van der Waals surface area (Å²) in [6.07, 6.45) is 1.76. The van der Waals surface area contributed by atoms with E-state index in [1.807, 2.05) is 30.3 Å². The molecule has 0 aliphatic heterocycles. The highest BCUT2D eigenvalue weighted by atomic mass is 32.2. The third-order valence-corrected chi connectivity index (χ3v) is 2.55. The molecule has 0 aliphatic rings. The molecule has 0 bridgehead atoms. The van der Waals surface area contributed by atoms with E-state index in [0.29, 0.717) is 6.54 Å². The van der Waals surface area contributed by atoms with E-state index >= 15 is 0 Å². The summed E-state index contributed by atoms with van der Waals surface area (Å²) in [6.45, 7) is 0.433. The van der Waals surface area contributed by atoms with Crippen molar-refractivity contribution >= 4 is 11.8 Å². The van der Waals surface area contributed by atoms with Crippen molar-refractivity contribution in [3.8, 4) is 0 Å². The van der Waals surface area contributed by atoms with Crippen LogP contribution in [-0.4, -0.2) is 4.98 Å². The molecule has 0 unspecified atom stereocenters. The van der Waals surface area contributed by atoms with Crippen LogP contribution in [0.4, 0.5) is 0 Å². The highest BCUT2D eigenvalue weighted by Gasteiger charge is 2.02. The van der Waals surface area contributed by atoms with Crippen LogP contribution in [0.5, 0.6) is 0 Å². The van der Waals surface area contributed by atoms with E-state index in [0.717, 1.165) is 15.9 Å². The first-order chi connectivity index (χ1) is 6.88. The predicted molar refractivity (Wildman–Crippen MR) is 55.0 cm³/mol. The van der Waals surface area contributed by atoms with Gasteiger partial charge in [-0.15, -0.1) is 0 Å². The quantitative estimate of drug-likeness (QED) is 0.837. The molecular formula is C10H10N2OS. The molecule has 0 spiro atoms. The number of pyridine rings is 1. The van der Waals surface area contributed by atoms with Crippen LogP contribution in [-0.2, 0) is 6.54 Å². The number of rotatable bonds is 3. The lowest BCUT2D eigenvalue weighted by Crippen LogP contribution is -1.92. The Bertz CT molecular complexity index is 400. The van der Waals surface area contributed by atoms with Crippen molar-refractivity contribution in [3.05, 3.63) is 42.3 Å². The van der Waals surface area contributed by atoms with E-state index in [4.69, 9.17) is 10.2 Å². The topological polar surface area (TPSA) is 52.0 Å². The van der Waals surface area contributed by atoms with Crippen LogP contribution in [0.25, 0.3) is 0 Å². The van der Waals surface area contributed by atoms with Crippen LogP contribution in [0.15, 0.2) is 51.1 Å². The van der Waals surface area contributed by atoms with Crippen LogP contribution >= 0.6 is 11.8 Å². The van der Waals surface area contributed by atoms with Crippen LogP contribution in [0.1, 0.15) is 5.76 Å². The molecule has 2 aromatic rings. The minimum absolute atomic E-state index is 0.433. The number of nitrogens with two attached hydrogens (primary N) is 1. The van der Waals surface area contributed by atoms with Gasteiger partial charge in [0.05, 0.1) is 6.54 Å². The molecule has 3 nitrogen and oxygen atoms in total. The Morgan fingerprint density at radius 2 is 2.21 bits per heavy atom. The normalized spacial score (nSPS) is 10.4. The van der Waals surface area contributed by atoms with Crippen molar-refractivity contribution in [3.63, 3.8) is 0 Å². The van der Waals surface area contributed by atoms with Crippen LogP contribution < -0.4 is 5.73 Å². The highest BCUT2D eigenvalue weighted by Crippen LogP contribution is 2.27. The Hall–Kier alpha value is -1.26. The predicted octanol–water partition coefficient (Wildman–Crippen LogP) is 2.28. The summed E-state index contributed by atoms with van der Waals surface area (Å²) in [5, 5.41) is 1.74. The number of furan rings is 1. The van der Waals surface area contributed by atoms with Crippen molar-refractivity contribution in [2.75, 3.05) is 0 Å². The van der Waals surface area contributed by atoms with E-state index in [-0.39, 0.29) is 0 Å². The fourth-order valence-electron chi connectivity index (χ4n) is 1.03. The van der Waals surface area contributed by atoms with Gasteiger partial charge in [0, 0.05) is 6.20 Å². The van der Waals surface area contributed by atoms with Crippen molar-refractivity contribution in [1.29, 1.82) is 0 Å². The zero-order valence-corrected chi connectivity index (χ0v) is 8.33. The third-order valence-electron chi connectivity index (χ3n) is 1.68. The molecule has 14 heavy (non-hydrogen) atoms. The lowest BCUT2D eigenvalue weighted by Gasteiger charge is -1.95. The van der Waals surface area contributed by atoms with E-state index < -0.39 is 0 Å². The standard InChI is InChI=1S/C10H10N2OS/c11-7-8-4-5-10(13-8)14-9-3-1-2-6-12-9/h1-6H,7,11H2. The van der Waals surface area contributed by atoms with Crippen molar-refractivity contribution in [2.24, 2.45) is 5.73 Å². The Balaban J connectivity index is 2.11. The number of hydrogen-bond donors (Lipinski definition) is 1. The Kier molecular flexibility index (Phi) is 2.86. The molecule has 2 N–H and O–H groups in total. The van der Waals surface area contributed by atoms with Crippen LogP contribution in [0.3, 0.4) is 0 Å². The summed E-state index contributed by atoms with van der Waals surface area (Å²) in [5.41, 5.74) is 5.44. The SMILES string of the molecule is NCc1ccc(Sc2ccccn2)o1. The summed E-state index contributed by atoms with van der Waals surface area (Å²) in [7, 11) is 0. The molecule has 2 heterocycles. The summed E-state index contributed by atoms with van der Waals surface area (Å²) >= 11 is 1.49. The Morgan fingerprint density at radius 3 is 2.86 bits per heavy atom. The number of aromatic nitrogens is 1. The Labute approximate surface area is 86.3 Å². The van der Waals surface area contributed by atoms with Gasteiger partial charge in [-0.05, 0) is 36.0 Å². The highest BCUT2D eigenvalue weighted by molar-refractivity contribution is 7.99. The molecule has 0 saturated heterocycles. The molecule has 0 radical (unpaired) electrons. The van der Waals surface area contributed by atoms with Crippen molar-refractivity contribution in [1.82, 2.24) is 4.98 Å². The fourth-order valence-corrected chi connectivity index (χ4v) is 1.78. The minimum atomic E-state index is 0.433. The zero-order chi connectivity index (χ0) is 9.80. The lowest BCUT2D eigenvalue weighted by atomic mass is 10.5. The van der Waals surface area contributed by atoms with E-state index in [2.05, 4.69) is 4.98 Å². The number of nitrogens with zero attached hydrogens (tertiary/aromatic N) is 1. The second-order valence-corrected chi connectivity index (χ2v) is 3.72. The molecule has 0 fully saturated rings. The molecule has 4 heteroatoms. The van der Waals surface area contributed by atoms with Gasteiger partial charge in [0.1, 0.15) is 10.8 Å². The first-order valence-corrected chi connectivity index (χ1v) is 5.08. The average Bonchev–Trinajstić information content (AvgIpc) is 2.67. The van der Waals surface area contributed by atoms with Crippen molar-refractivity contribution < 1.29 is 4.42 Å². The summed E-state index contributed by atoms with van der Waals surface area (Å²) in [4.78, 5) is 4.18. The molecule has 2 rings (SSSR count). The summed E-state index contributed by atoms with van der Waals surface area (Å²) in [6, 6.07) is 9.56. The van der Waals surface area contributed by atoms with Gasteiger partial charge in [0.25, 0.3) is 0 Å². The Morgan fingerprint density at radius 1 is 1.29 bits per heavy atom. The third kappa shape index (κ3) is 2.16. The monoisotopic (exact) mass is 206 g/mol. The van der Waals surface area contributed by atoms with Gasteiger partial charge in [0.15, 0.2) is 5.09 Å². The smallest absolute Gasteiger partial charge is 0.166 e. The van der Waals surface area contributed by atoms with Gasteiger partial charge < -0.3 is 10.2 Å². The molecule has 0 saturated carbocycles. The first-order valence-electron chi connectivity index (χ1n) is 4.26. The van der Waals surface area contributed by atoms with Gasteiger partial charge in [-0.3, -0.25) is 0 Å². The molecule has 72 valence electrons. The van der Waals surface area contributed by atoms with Crippen LogP contribution in [0.2, 0.25) is 0 Å². The lowest BCUT2D eigenvalue weighted by molar-refractivity contribution is 0.433. The maximum absolute atomic E-state index is 5.44. The van der Waals surface area contributed by atoms with E-state index in [9.17, 15) is 0 Å². The second-order valence-electron chi connectivity index (χ2n) is 2.69.